The van der Waals surface area contributed by atoms with Crippen LogP contribution in [-0.4, -0.2) is 34.5 Å². The van der Waals surface area contributed by atoms with E-state index in [0.29, 0.717) is 19.8 Å². The lowest BCUT2D eigenvalue weighted by molar-refractivity contribution is -0.139. The van der Waals surface area contributed by atoms with Crippen LogP contribution in [-0.2, 0) is 16.1 Å². The van der Waals surface area contributed by atoms with Gasteiger partial charge in [0.1, 0.15) is 5.69 Å². The number of hydrogen-bond acceptors (Lipinski definition) is 4. The molecule has 1 aromatic rings. The van der Waals surface area contributed by atoms with Crippen molar-refractivity contribution in [3.8, 4) is 0 Å². The van der Waals surface area contributed by atoms with Crippen LogP contribution in [0.3, 0.4) is 0 Å². The standard InChI is InChI=1S/C7H10N4O2/c12-7(5-3-13-4-5)8-1-6-2-9-11-10-6/h2,5H,1,3-4H2,(H,8,12)(H,9,10,11). The topological polar surface area (TPSA) is 79.9 Å². The summed E-state index contributed by atoms with van der Waals surface area (Å²) < 4.78 is 4.90. The Morgan fingerprint density at radius 1 is 1.77 bits per heavy atom. The molecule has 1 amide bonds. The second kappa shape index (κ2) is 3.53. The number of carbonyl (C=O) groups excluding carboxylic acids is 1. The number of hydrogen-bond donors (Lipinski definition) is 2. The van der Waals surface area contributed by atoms with Crippen LogP contribution in [0.2, 0.25) is 0 Å². The van der Waals surface area contributed by atoms with Gasteiger partial charge in [0, 0.05) is 0 Å². The molecule has 0 bridgehead atoms. The molecule has 1 fully saturated rings. The highest BCUT2D eigenvalue weighted by Crippen LogP contribution is 2.09. The third-order valence-electron chi connectivity index (χ3n) is 1.92. The first-order valence-corrected chi connectivity index (χ1v) is 4.06. The Labute approximate surface area is 74.7 Å². The first kappa shape index (κ1) is 8.18. The van der Waals surface area contributed by atoms with Crippen molar-refractivity contribution < 1.29 is 9.53 Å². The quantitative estimate of drug-likeness (QED) is 0.632. The molecule has 70 valence electrons. The van der Waals surface area contributed by atoms with Crippen molar-refractivity contribution in [3.05, 3.63) is 11.9 Å². The van der Waals surface area contributed by atoms with Crippen LogP contribution in [0.1, 0.15) is 5.69 Å². The van der Waals surface area contributed by atoms with E-state index in [1.165, 1.54) is 0 Å². The highest BCUT2D eigenvalue weighted by Gasteiger charge is 2.25. The van der Waals surface area contributed by atoms with Crippen molar-refractivity contribution in [2.45, 2.75) is 6.54 Å². The van der Waals surface area contributed by atoms with E-state index >= 15 is 0 Å². The van der Waals surface area contributed by atoms with Crippen molar-refractivity contribution in [1.29, 1.82) is 0 Å². The van der Waals surface area contributed by atoms with Crippen LogP contribution in [0.5, 0.6) is 0 Å². The fourth-order valence-corrected chi connectivity index (χ4v) is 1.02. The molecule has 0 radical (unpaired) electrons. The second-order valence-corrected chi connectivity index (χ2v) is 2.91. The molecule has 6 nitrogen and oxygen atoms in total. The largest absolute Gasteiger partial charge is 0.380 e. The van der Waals surface area contributed by atoms with Crippen molar-refractivity contribution in [2.75, 3.05) is 13.2 Å². The molecule has 0 spiro atoms. The third kappa shape index (κ3) is 1.83. The summed E-state index contributed by atoms with van der Waals surface area (Å²) in [7, 11) is 0. The highest BCUT2D eigenvalue weighted by atomic mass is 16.5. The summed E-state index contributed by atoms with van der Waals surface area (Å²) >= 11 is 0. The van der Waals surface area contributed by atoms with E-state index in [9.17, 15) is 4.79 Å². The van der Waals surface area contributed by atoms with Crippen LogP contribution in [0.25, 0.3) is 0 Å². The van der Waals surface area contributed by atoms with E-state index in [0.717, 1.165) is 5.69 Å². The monoisotopic (exact) mass is 182 g/mol. The van der Waals surface area contributed by atoms with Gasteiger partial charge in [0.15, 0.2) is 0 Å². The maximum Gasteiger partial charge on any atom is 0.228 e. The maximum absolute atomic E-state index is 11.3. The molecule has 6 heteroatoms. The van der Waals surface area contributed by atoms with Crippen LogP contribution in [0.15, 0.2) is 6.20 Å². The highest BCUT2D eigenvalue weighted by molar-refractivity contribution is 5.79. The van der Waals surface area contributed by atoms with E-state index in [4.69, 9.17) is 4.74 Å². The van der Waals surface area contributed by atoms with Gasteiger partial charge in [0.2, 0.25) is 5.91 Å². The molecule has 1 aliphatic heterocycles. The molecule has 1 aliphatic rings. The zero-order valence-corrected chi connectivity index (χ0v) is 6.99. The molecular weight excluding hydrogens is 172 g/mol. The Bertz CT molecular complexity index is 281. The molecule has 13 heavy (non-hydrogen) atoms. The first-order valence-electron chi connectivity index (χ1n) is 4.06. The Morgan fingerprint density at radius 2 is 2.62 bits per heavy atom. The van der Waals surface area contributed by atoms with Gasteiger partial charge in [0.05, 0.1) is 31.9 Å². The summed E-state index contributed by atoms with van der Waals surface area (Å²) in [5.41, 5.74) is 0.730. The summed E-state index contributed by atoms with van der Waals surface area (Å²) in [6, 6.07) is 0. The Hall–Kier alpha value is -1.43. The fraction of sp³-hybridized carbons (Fsp3) is 0.571. The average molecular weight is 182 g/mol. The predicted octanol–water partition coefficient (Wildman–Crippen LogP) is -0.933. The van der Waals surface area contributed by atoms with Crippen molar-refractivity contribution in [1.82, 2.24) is 20.7 Å². The van der Waals surface area contributed by atoms with E-state index in [-0.39, 0.29) is 11.8 Å². The molecule has 1 saturated heterocycles. The first-order chi connectivity index (χ1) is 6.36. The molecular formula is C7H10N4O2. The average Bonchev–Trinajstić information content (AvgIpc) is 2.49. The van der Waals surface area contributed by atoms with Gasteiger partial charge in [-0.3, -0.25) is 4.79 Å². The van der Waals surface area contributed by atoms with Crippen molar-refractivity contribution in [3.63, 3.8) is 0 Å². The van der Waals surface area contributed by atoms with Gasteiger partial charge in [-0.15, -0.1) is 0 Å². The van der Waals surface area contributed by atoms with Crippen LogP contribution in [0, 0.1) is 5.92 Å². The summed E-state index contributed by atoms with van der Waals surface area (Å²) in [5.74, 6) is 0.0427. The normalized spacial score (nSPS) is 16.6. The summed E-state index contributed by atoms with van der Waals surface area (Å²) in [4.78, 5) is 11.3. The number of nitrogens with zero attached hydrogens (tertiary/aromatic N) is 2. The van der Waals surface area contributed by atoms with Crippen LogP contribution < -0.4 is 5.32 Å². The number of aromatic nitrogens is 3. The number of carbonyl (C=O) groups is 1. The molecule has 2 heterocycles. The Balaban J connectivity index is 1.76. The summed E-state index contributed by atoms with van der Waals surface area (Å²) in [6.45, 7) is 1.49. The molecule has 0 unspecified atom stereocenters. The number of aromatic amines is 1. The molecule has 0 aliphatic carbocycles. The predicted molar refractivity (Wildman–Crippen MR) is 42.5 cm³/mol. The van der Waals surface area contributed by atoms with Gasteiger partial charge < -0.3 is 10.1 Å². The van der Waals surface area contributed by atoms with Gasteiger partial charge in [-0.1, -0.05) is 0 Å². The molecule has 2 rings (SSSR count). The van der Waals surface area contributed by atoms with Crippen molar-refractivity contribution >= 4 is 5.91 Å². The Kier molecular flexibility index (Phi) is 2.22. The van der Waals surface area contributed by atoms with Gasteiger partial charge in [-0.2, -0.15) is 15.4 Å². The minimum atomic E-state index is 0.0203. The summed E-state index contributed by atoms with van der Waals surface area (Å²) in [5, 5.41) is 12.7. The third-order valence-corrected chi connectivity index (χ3v) is 1.92. The summed E-state index contributed by atoms with van der Waals surface area (Å²) in [6.07, 6.45) is 1.58. The second-order valence-electron chi connectivity index (χ2n) is 2.91. The number of amides is 1. The molecule has 1 aromatic heterocycles. The van der Waals surface area contributed by atoms with Gasteiger partial charge in [-0.25, -0.2) is 0 Å². The lowest BCUT2D eigenvalue weighted by Gasteiger charge is -2.24. The minimum absolute atomic E-state index is 0.0203. The van der Waals surface area contributed by atoms with Crippen LogP contribution >= 0.6 is 0 Å². The minimum Gasteiger partial charge on any atom is -0.380 e. The van der Waals surface area contributed by atoms with Gasteiger partial charge >= 0.3 is 0 Å². The van der Waals surface area contributed by atoms with E-state index in [1.807, 2.05) is 0 Å². The van der Waals surface area contributed by atoms with Crippen molar-refractivity contribution in [2.24, 2.45) is 5.92 Å². The SMILES string of the molecule is O=C(NCc1cn[nH]n1)C1COC1. The van der Waals surface area contributed by atoms with E-state index in [2.05, 4.69) is 20.7 Å². The number of nitrogens with one attached hydrogen (secondary N) is 2. The van der Waals surface area contributed by atoms with Gasteiger partial charge in [0.25, 0.3) is 0 Å². The zero-order chi connectivity index (χ0) is 9.10. The molecule has 0 aromatic carbocycles. The number of ether oxygens (including phenoxy) is 1. The molecule has 2 N–H and O–H groups in total. The molecule has 0 saturated carbocycles. The smallest absolute Gasteiger partial charge is 0.228 e. The molecule has 0 atom stereocenters. The lowest BCUT2D eigenvalue weighted by Crippen LogP contribution is -2.41. The maximum atomic E-state index is 11.3. The number of H-pyrrole nitrogens is 1. The fourth-order valence-electron chi connectivity index (χ4n) is 1.02. The number of rotatable bonds is 3. The Morgan fingerprint density at radius 3 is 3.15 bits per heavy atom. The van der Waals surface area contributed by atoms with E-state index in [1.54, 1.807) is 6.20 Å². The lowest BCUT2D eigenvalue weighted by atomic mass is 10.1. The van der Waals surface area contributed by atoms with E-state index < -0.39 is 0 Å². The van der Waals surface area contributed by atoms with Crippen LogP contribution in [0.4, 0.5) is 0 Å². The van der Waals surface area contributed by atoms with Gasteiger partial charge in [-0.05, 0) is 0 Å². The zero-order valence-electron chi connectivity index (χ0n) is 6.99.